The Labute approximate surface area is 195 Å². The van der Waals surface area contributed by atoms with Crippen molar-refractivity contribution in [1.29, 1.82) is 0 Å². The summed E-state index contributed by atoms with van der Waals surface area (Å²) >= 11 is 20.2. The summed E-state index contributed by atoms with van der Waals surface area (Å²) in [6.07, 6.45) is 3.42. The van der Waals surface area contributed by atoms with E-state index in [0.29, 0.717) is 19.9 Å². The van der Waals surface area contributed by atoms with Crippen molar-refractivity contribution in [3.63, 3.8) is 0 Å². The molecule has 0 aliphatic carbocycles. The van der Waals surface area contributed by atoms with E-state index in [4.69, 9.17) is 34.8 Å². The zero-order chi connectivity index (χ0) is 21.3. The van der Waals surface area contributed by atoms with Gasteiger partial charge >= 0.3 is 0 Å². The van der Waals surface area contributed by atoms with Crippen LogP contribution in [0.1, 0.15) is 34.5 Å². The van der Waals surface area contributed by atoms with Gasteiger partial charge in [0.15, 0.2) is 0 Å². The van der Waals surface area contributed by atoms with Gasteiger partial charge in [-0.1, -0.05) is 59.4 Å². The summed E-state index contributed by atoms with van der Waals surface area (Å²) in [4.78, 5) is 14.8. The minimum atomic E-state index is -0.0778. The van der Waals surface area contributed by atoms with Crippen molar-refractivity contribution in [3.05, 3.63) is 68.0 Å². The fourth-order valence-corrected chi connectivity index (χ4v) is 5.70. The minimum Gasteiger partial charge on any atom is -0.284 e. The van der Waals surface area contributed by atoms with E-state index in [0.717, 1.165) is 53.1 Å². The molecule has 1 amide bonds. The first-order chi connectivity index (χ1) is 14.4. The Morgan fingerprint density at radius 2 is 1.63 bits per heavy atom. The summed E-state index contributed by atoms with van der Waals surface area (Å²) in [6.45, 7) is 3.75. The fourth-order valence-electron chi connectivity index (χ4n) is 3.76. The molecule has 0 spiro atoms. The van der Waals surface area contributed by atoms with Crippen LogP contribution in [0.3, 0.4) is 0 Å². The lowest BCUT2D eigenvalue weighted by atomic mass is 9.98. The molecule has 0 atom stereocenters. The van der Waals surface area contributed by atoms with E-state index in [1.165, 1.54) is 17.8 Å². The van der Waals surface area contributed by atoms with Crippen LogP contribution in [0.2, 0.25) is 15.1 Å². The van der Waals surface area contributed by atoms with Crippen molar-refractivity contribution in [2.24, 2.45) is 0 Å². The predicted octanol–water partition coefficient (Wildman–Crippen LogP) is 7.48. The van der Waals surface area contributed by atoms with Crippen LogP contribution in [0.25, 0.3) is 21.6 Å². The van der Waals surface area contributed by atoms with Gasteiger partial charge in [0.2, 0.25) is 0 Å². The number of nitrogens with one attached hydrogen (secondary N) is 1. The van der Waals surface area contributed by atoms with Crippen LogP contribution in [-0.2, 0) is 0 Å². The zero-order valence-electron chi connectivity index (χ0n) is 16.5. The molecule has 1 saturated heterocycles. The Balaban J connectivity index is 1.80. The Kier molecular flexibility index (Phi) is 6.71. The molecule has 7 heteroatoms. The van der Waals surface area contributed by atoms with Crippen LogP contribution in [0.15, 0.2) is 42.5 Å². The summed E-state index contributed by atoms with van der Waals surface area (Å²) in [5.41, 5.74) is 6.85. The molecule has 0 unspecified atom stereocenters. The van der Waals surface area contributed by atoms with Gasteiger partial charge < -0.3 is 0 Å². The lowest BCUT2D eigenvalue weighted by molar-refractivity contribution is 0.0754. The van der Waals surface area contributed by atoms with E-state index in [-0.39, 0.29) is 5.91 Å². The molecule has 2 aromatic carbocycles. The fraction of sp³-hybridized carbons (Fsp3) is 0.261. The van der Waals surface area contributed by atoms with Gasteiger partial charge in [-0.3, -0.25) is 10.2 Å². The van der Waals surface area contributed by atoms with Gasteiger partial charge in [-0.05, 0) is 55.2 Å². The number of benzene rings is 2. The van der Waals surface area contributed by atoms with Crippen LogP contribution in [-0.4, -0.2) is 24.0 Å². The van der Waals surface area contributed by atoms with Gasteiger partial charge in [-0.2, -0.15) is 0 Å². The molecular weight excluding hydrogens is 459 g/mol. The Morgan fingerprint density at radius 1 is 0.967 bits per heavy atom. The molecule has 3 nitrogen and oxygen atoms in total. The molecule has 1 aliphatic rings. The van der Waals surface area contributed by atoms with Gasteiger partial charge in [0.05, 0.1) is 9.90 Å². The number of piperidine rings is 1. The smallest absolute Gasteiger partial charge is 0.275 e. The lowest BCUT2D eigenvalue weighted by Gasteiger charge is -2.26. The van der Waals surface area contributed by atoms with E-state index in [1.807, 2.05) is 48.3 Å². The second-order valence-corrected chi connectivity index (χ2v) is 9.68. The molecule has 1 aliphatic heterocycles. The maximum Gasteiger partial charge on any atom is 0.275 e. The molecule has 156 valence electrons. The van der Waals surface area contributed by atoms with Crippen LogP contribution in [0, 0.1) is 6.92 Å². The number of carbonyl (C=O) groups excluding carboxylic acids is 1. The SMILES string of the molecule is Cc1c(C(=O)NN2CCCCC2)sc(-c2ccc(Cl)cc2Cl)c1-c1ccc(Cl)cc1. The number of halogens is 3. The first kappa shape index (κ1) is 21.7. The molecule has 0 saturated carbocycles. The number of carbonyl (C=O) groups is 1. The summed E-state index contributed by atoms with van der Waals surface area (Å²) in [7, 11) is 0. The van der Waals surface area contributed by atoms with Gasteiger partial charge in [-0.15, -0.1) is 11.3 Å². The van der Waals surface area contributed by atoms with Crippen molar-refractivity contribution in [3.8, 4) is 21.6 Å². The third-order valence-electron chi connectivity index (χ3n) is 5.28. The summed E-state index contributed by atoms with van der Waals surface area (Å²) in [5.74, 6) is -0.0778. The van der Waals surface area contributed by atoms with Crippen LogP contribution in [0.4, 0.5) is 0 Å². The number of nitrogens with zero attached hydrogens (tertiary/aromatic N) is 1. The largest absolute Gasteiger partial charge is 0.284 e. The first-order valence-electron chi connectivity index (χ1n) is 9.84. The third-order valence-corrected chi connectivity index (χ3v) is 7.40. The Hall–Kier alpha value is -1.56. The third kappa shape index (κ3) is 4.53. The Morgan fingerprint density at radius 3 is 2.30 bits per heavy atom. The molecule has 1 aromatic heterocycles. The Bertz CT molecular complexity index is 1070. The highest BCUT2D eigenvalue weighted by molar-refractivity contribution is 7.18. The predicted molar refractivity (Wildman–Crippen MR) is 128 cm³/mol. The standard InChI is InChI=1S/C23H21Cl3N2OS/c1-14-20(15-5-7-16(24)8-6-15)22(18-10-9-17(25)13-19(18)26)30-21(14)23(29)27-28-11-3-2-4-12-28/h5-10,13H,2-4,11-12H2,1H3,(H,27,29). The van der Waals surface area contributed by atoms with Crippen LogP contribution < -0.4 is 5.43 Å². The molecule has 30 heavy (non-hydrogen) atoms. The highest BCUT2D eigenvalue weighted by Gasteiger charge is 2.24. The quantitative estimate of drug-likeness (QED) is 0.420. The van der Waals surface area contributed by atoms with Gasteiger partial charge in [0.1, 0.15) is 0 Å². The molecule has 1 N–H and O–H groups in total. The maximum atomic E-state index is 13.1. The number of hydrogen-bond donors (Lipinski definition) is 1. The van der Waals surface area contributed by atoms with E-state index >= 15 is 0 Å². The summed E-state index contributed by atoms with van der Waals surface area (Å²) in [5, 5.41) is 3.82. The highest BCUT2D eigenvalue weighted by Crippen LogP contribution is 2.45. The van der Waals surface area contributed by atoms with Crippen LogP contribution in [0.5, 0.6) is 0 Å². The van der Waals surface area contributed by atoms with Gasteiger partial charge in [0, 0.05) is 39.1 Å². The monoisotopic (exact) mass is 478 g/mol. The summed E-state index contributed by atoms with van der Waals surface area (Å²) < 4.78 is 0. The van der Waals surface area contributed by atoms with Crippen molar-refractivity contribution >= 4 is 52.0 Å². The van der Waals surface area contributed by atoms with Crippen LogP contribution >= 0.6 is 46.1 Å². The summed E-state index contributed by atoms with van der Waals surface area (Å²) in [6, 6.07) is 13.1. The molecule has 0 radical (unpaired) electrons. The average molecular weight is 480 g/mol. The van der Waals surface area contributed by atoms with E-state index in [2.05, 4.69) is 5.43 Å². The lowest BCUT2D eigenvalue weighted by Crippen LogP contribution is -2.44. The van der Waals surface area contributed by atoms with Crippen molar-refractivity contribution in [2.75, 3.05) is 13.1 Å². The molecule has 0 bridgehead atoms. The highest BCUT2D eigenvalue weighted by atomic mass is 35.5. The second kappa shape index (κ2) is 9.29. The number of hydrogen-bond acceptors (Lipinski definition) is 3. The van der Waals surface area contributed by atoms with E-state index < -0.39 is 0 Å². The second-order valence-electron chi connectivity index (χ2n) is 7.38. The molecule has 3 aromatic rings. The number of thiophene rings is 1. The maximum absolute atomic E-state index is 13.1. The molecule has 1 fully saturated rings. The minimum absolute atomic E-state index is 0.0778. The molecular formula is C23H21Cl3N2OS. The first-order valence-corrected chi connectivity index (χ1v) is 11.8. The average Bonchev–Trinajstić information content (AvgIpc) is 3.06. The number of rotatable bonds is 4. The van der Waals surface area contributed by atoms with E-state index in [1.54, 1.807) is 6.07 Å². The van der Waals surface area contributed by atoms with Gasteiger partial charge in [0.25, 0.3) is 5.91 Å². The van der Waals surface area contributed by atoms with Gasteiger partial charge in [-0.25, -0.2) is 5.01 Å². The van der Waals surface area contributed by atoms with Crippen molar-refractivity contribution < 1.29 is 4.79 Å². The van der Waals surface area contributed by atoms with E-state index in [9.17, 15) is 4.79 Å². The topological polar surface area (TPSA) is 32.3 Å². The molecule has 2 heterocycles. The van der Waals surface area contributed by atoms with Crippen molar-refractivity contribution in [2.45, 2.75) is 26.2 Å². The normalized spacial score (nSPS) is 14.7. The number of hydrazine groups is 1. The van der Waals surface area contributed by atoms with Crippen molar-refractivity contribution in [1.82, 2.24) is 10.4 Å². The zero-order valence-corrected chi connectivity index (χ0v) is 19.6. The number of amides is 1. The molecule has 4 rings (SSSR count).